The molecule has 1 aliphatic rings. The minimum absolute atomic E-state index is 0.0150. The summed E-state index contributed by atoms with van der Waals surface area (Å²) in [5.74, 6) is 0.406. The summed E-state index contributed by atoms with van der Waals surface area (Å²) >= 11 is 3.22. The number of hydrogen-bond donors (Lipinski definition) is 0. The van der Waals surface area contributed by atoms with E-state index in [4.69, 9.17) is 4.84 Å². The van der Waals surface area contributed by atoms with E-state index in [1.54, 1.807) is 47.8 Å². The highest BCUT2D eigenvalue weighted by molar-refractivity contribution is 8.03. The smallest absolute Gasteiger partial charge is 0.318 e. The Bertz CT molecular complexity index is 1370. The van der Waals surface area contributed by atoms with Crippen molar-refractivity contribution in [1.29, 1.82) is 0 Å². The van der Waals surface area contributed by atoms with E-state index >= 15 is 0 Å². The number of hydrogen-bond acceptors (Lipinski definition) is 7. The third-order valence-corrected chi connectivity index (χ3v) is 7.97. The monoisotopic (exact) mass is 601 g/mol. The number of carbonyl (C=O) groups excluding carboxylic acids is 3. The zero-order valence-corrected chi connectivity index (χ0v) is 26.4. The van der Waals surface area contributed by atoms with Crippen molar-refractivity contribution in [2.75, 3.05) is 11.5 Å². The molecule has 0 heterocycles. The number of oxime groups is 1. The Morgan fingerprint density at radius 2 is 1.81 bits per heavy atom. The molecule has 2 rings (SSSR count). The van der Waals surface area contributed by atoms with Crippen LogP contribution in [0.5, 0.6) is 0 Å². The van der Waals surface area contributed by atoms with Crippen molar-refractivity contribution in [2.24, 2.45) is 5.16 Å². The average molecular weight is 602 g/mol. The van der Waals surface area contributed by atoms with Gasteiger partial charge < -0.3 is 4.84 Å². The van der Waals surface area contributed by atoms with Crippen molar-refractivity contribution in [3.63, 3.8) is 0 Å². The van der Waals surface area contributed by atoms with Gasteiger partial charge in [-0.1, -0.05) is 78.1 Å². The number of benzene rings is 1. The normalized spacial score (nSPS) is 14.5. The molecule has 1 aliphatic carbocycles. The molecule has 7 heteroatoms. The van der Waals surface area contributed by atoms with Crippen LogP contribution >= 0.6 is 23.5 Å². The summed E-state index contributed by atoms with van der Waals surface area (Å²) in [5.41, 5.74) is 3.21. The van der Waals surface area contributed by atoms with Gasteiger partial charge in [0.1, 0.15) is 5.71 Å². The highest BCUT2D eigenvalue weighted by Crippen LogP contribution is 2.24. The maximum Gasteiger partial charge on any atom is 0.331 e. The molecule has 0 N–H and O–H groups in total. The Balaban J connectivity index is 2.01. The Hall–Kier alpha value is -3.68. The van der Waals surface area contributed by atoms with Crippen molar-refractivity contribution in [1.82, 2.24) is 0 Å². The van der Waals surface area contributed by atoms with Crippen LogP contribution in [-0.2, 0) is 14.4 Å². The third-order valence-electron chi connectivity index (χ3n) is 5.96. The topological polar surface area (TPSA) is 72.8 Å². The number of nitrogens with zero attached hydrogens (tertiary/aromatic N) is 1. The van der Waals surface area contributed by atoms with E-state index in [-0.39, 0.29) is 17.3 Å². The van der Waals surface area contributed by atoms with Gasteiger partial charge in [-0.05, 0) is 69.5 Å². The summed E-state index contributed by atoms with van der Waals surface area (Å²) in [6.45, 7) is 10.9. The second-order valence-corrected chi connectivity index (χ2v) is 11.4. The van der Waals surface area contributed by atoms with Crippen LogP contribution in [0.15, 0.2) is 129 Å². The molecule has 0 spiro atoms. The predicted octanol–water partition coefficient (Wildman–Crippen LogP) is 8.94. The standard InChI is InChI=1S/C35H39NO4S2/c1-6-9-14-28(8-3)34(38)29(12-7-2)15-11-24-41-32-21-18-30(19-22-32)35(39)33(36-40-27(5)37)23-25-42-31-16-10-13-26(4)17-20-31/h6-9,11-13,15-22H,2,10,14,23-25H2,1,3-5H3/b9-6?,15-11-,28-8+,29-12+,36-33+. The van der Waals surface area contributed by atoms with Gasteiger partial charge in [-0.25, -0.2) is 4.79 Å². The van der Waals surface area contributed by atoms with E-state index in [9.17, 15) is 14.4 Å². The predicted molar refractivity (Wildman–Crippen MR) is 179 cm³/mol. The molecule has 0 unspecified atom stereocenters. The molecule has 0 saturated carbocycles. The first-order chi connectivity index (χ1) is 20.3. The lowest BCUT2D eigenvalue weighted by Crippen LogP contribution is -2.16. The van der Waals surface area contributed by atoms with Gasteiger partial charge in [-0.2, -0.15) is 0 Å². The fraction of sp³-hybridized carbons (Fsp3) is 0.257. The van der Waals surface area contributed by atoms with Gasteiger partial charge in [-0.3, -0.25) is 9.59 Å². The zero-order chi connectivity index (χ0) is 30.7. The molecule has 0 fully saturated rings. The molecule has 0 bridgehead atoms. The molecule has 1 aromatic rings. The summed E-state index contributed by atoms with van der Waals surface area (Å²) in [4.78, 5) is 44.4. The van der Waals surface area contributed by atoms with Crippen LogP contribution < -0.4 is 0 Å². The van der Waals surface area contributed by atoms with E-state index in [2.05, 4.69) is 43.0 Å². The number of carbonyl (C=O) groups is 3. The number of thioether (sulfide) groups is 2. The molecule has 0 aliphatic heterocycles. The van der Waals surface area contributed by atoms with Gasteiger partial charge in [0.25, 0.3) is 0 Å². The third kappa shape index (κ3) is 12.5. The average Bonchev–Trinajstić information content (AvgIpc) is 3.20. The molecule has 0 aromatic heterocycles. The molecule has 220 valence electrons. The van der Waals surface area contributed by atoms with E-state index in [0.29, 0.717) is 35.5 Å². The number of ketones is 2. The molecule has 0 amide bonds. The van der Waals surface area contributed by atoms with E-state index < -0.39 is 5.97 Å². The van der Waals surface area contributed by atoms with Gasteiger partial charge >= 0.3 is 5.97 Å². The first-order valence-corrected chi connectivity index (χ1v) is 15.8. The fourth-order valence-corrected chi connectivity index (χ4v) is 5.32. The van der Waals surface area contributed by atoms with Crippen LogP contribution in [0.4, 0.5) is 0 Å². The Morgan fingerprint density at radius 1 is 1.05 bits per heavy atom. The zero-order valence-electron chi connectivity index (χ0n) is 24.8. The summed E-state index contributed by atoms with van der Waals surface area (Å²) in [7, 11) is 0. The molecule has 0 saturated heterocycles. The molecular formula is C35H39NO4S2. The Kier molecular flexibility index (Phi) is 16.0. The second kappa shape index (κ2) is 19.4. The van der Waals surface area contributed by atoms with Crippen molar-refractivity contribution in [2.45, 2.75) is 51.9 Å². The Labute approximate surface area is 258 Å². The molecule has 42 heavy (non-hydrogen) atoms. The van der Waals surface area contributed by atoms with Crippen molar-refractivity contribution >= 4 is 46.8 Å². The van der Waals surface area contributed by atoms with Crippen molar-refractivity contribution < 1.29 is 19.2 Å². The maximum absolute atomic E-state index is 13.2. The van der Waals surface area contributed by atoms with Gasteiger partial charge in [-0.15, -0.1) is 23.5 Å². The summed E-state index contributed by atoms with van der Waals surface area (Å²) in [6, 6.07) is 7.26. The largest absolute Gasteiger partial charge is 0.331 e. The SMILES string of the molecule is C=C/C=C(\C=C/CSc1ccc(C(=O)/C(CCSC2=CCC=C(C)C=C2)=N/OC(C)=O)cc1)C(=O)/C(=C/C)CC=CC. The number of rotatable bonds is 16. The number of Topliss-reactive ketones (excluding diaryl/α,β-unsaturated/α-hetero) is 2. The van der Waals surface area contributed by atoms with Crippen LogP contribution in [0.1, 0.15) is 57.3 Å². The van der Waals surface area contributed by atoms with Gasteiger partial charge in [0.15, 0.2) is 5.78 Å². The molecular weight excluding hydrogens is 563 g/mol. The van der Waals surface area contributed by atoms with Crippen LogP contribution in [0.3, 0.4) is 0 Å². The van der Waals surface area contributed by atoms with E-state index in [1.807, 2.05) is 56.4 Å². The maximum atomic E-state index is 13.2. The molecule has 1 aromatic carbocycles. The van der Waals surface area contributed by atoms with Crippen LogP contribution in [0.25, 0.3) is 0 Å². The lowest BCUT2D eigenvalue weighted by molar-refractivity contribution is -0.140. The minimum Gasteiger partial charge on any atom is -0.318 e. The van der Waals surface area contributed by atoms with Gasteiger partial charge in [0.2, 0.25) is 5.78 Å². The van der Waals surface area contributed by atoms with E-state index in [1.165, 1.54) is 12.5 Å². The summed E-state index contributed by atoms with van der Waals surface area (Å²) < 4.78 is 0. The number of allylic oxidation sites excluding steroid dienone is 13. The first kappa shape index (κ1) is 34.5. The highest BCUT2D eigenvalue weighted by atomic mass is 32.2. The van der Waals surface area contributed by atoms with Crippen LogP contribution in [0.2, 0.25) is 0 Å². The molecule has 0 radical (unpaired) electrons. The fourth-order valence-electron chi connectivity index (χ4n) is 3.70. The minimum atomic E-state index is -0.573. The summed E-state index contributed by atoms with van der Waals surface area (Å²) in [6.07, 6.45) is 23.1. The van der Waals surface area contributed by atoms with Gasteiger partial charge in [0, 0.05) is 45.8 Å². The van der Waals surface area contributed by atoms with Crippen molar-refractivity contribution in [3.8, 4) is 0 Å². The second-order valence-electron chi connectivity index (χ2n) is 9.18. The lowest BCUT2D eigenvalue weighted by Gasteiger charge is -2.07. The van der Waals surface area contributed by atoms with Gasteiger partial charge in [0.05, 0.1) is 0 Å². The molecule has 0 atom stereocenters. The van der Waals surface area contributed by atoms with Crippen LogP contribution in [0, 0.1) is 0 Å². The van der Waals surface area contributed by atoms with Crippen LogP contribution in [-0.4, -0.2) is 34.8 Å². The quantitative estimate of drug-likeness (QED) is 0.0275. The molecule has 5 nitrogen and oxygen atoms in total. The van der Waals surface area contributed by atoms with Crippen molar-refractivity contribution in [3.05, 3.63) is 125 Å². The Morgan fingerprint density at radius 3 is 2.48 bits per heavy atom. The van der Waals surface area contributed by atoms with E-state index in [0.717, 1.165) is 21.8 Å². The summed E-state index contributed by atoms with van der Waals surface area (Å²) in [5, 5.41) is 3.87. The highest BCUT2D eigenvalue weighted by Gasteiger charge is 2.16. The first-order valence-electron chi connectivity index (χ1n) is 13.8. The lowest BCUT2D eigenvalue weighted by atomic mass is 9.99.